The molecule has 1 aliphatic rings. The topological polar surface area (TPSA) is 45.5 Å². The van der Waals surface area contributed by atoms with Gasteiger partial charge in [0, 0.05) is 30.5 Å². The van der Waals surface area contributed by atoms with Crippen LogP contribution in [0.4, 0.5) is 0 Å². The zero-order valence-corrected chi connectivity index (χ0v) is 13.2. The Morgan fingerprint density at radius 3 is 2.80 bits per heavy atom. The predicted octanol–water partition coefficient (Wildman–Crippen LogP) is 2.28. The SMILES string of the molecule is CCN(C)C(=O)Cn1c(C)cc2c1CC(C)(C)CC2O. The van der Waals surface area contributed by atoms with Crippen LogP contribution in [0.5, 0.6) is 0 Å². The number of hydrogen-bond acceptors (Lipinski definition) is 2. The van der Waals surface area contributed by atoms with E-state index >= 15 is 0 Å². The van der Waals surface area contributed by atoms with Gasteiger partial charge in [-0.3, -0.25) is 4.79 Å². The number of carbonyl (C=O) groups is 1. The van der Waals surface area contributed by atoms with Crippen molar-refractivity contribution in [2.24, 2.45) is 5.41 Å². The quantitative estimate of drug-likeness (QED) is 0.922. The summed E-state index contributed by atoms with van der Waals surface area (Å²) in [5.74, 6) is 0.117. The Balaban J connectivity index is 2.34. The number of hydrogen-bond donors (Lipinski definition) is 1. The molecule has 0 aliphatic heterocycles. The Hall–Kier alpha value is -1.29. The molecule has 0 radical (unpaired) electrons. The maximum absolute atomic E-state index is 12.2. The minimum absolute atomic E-state index is 0.0780. The highest BCUT2D eigenvalue weighted by molar-refractivity contribution is 5.76. The van der Waals surface area contributed by atoms with Crippen molar-refractivity contribution < 1.29 is 9.90 Å². The van der Waals surface area contributed by atoms with Crippen LogP contribution in [-0.4, -0.2) is 34.1 Å². The van der Waals surface area contributed by atoms with Gasteiger partial charge in [0.25, 0.3) is 0 Å². The first-order valence-corrected chi connectivity index (χ1v) is 7.36. The number of nitrogens with zero attached hydrogens (tertiary/aromatic N) is 2. The summed E-state index contributed by atoms with van der Waals surface area (Å²) in [5, 5.41) is 10.3. The van der Waals surface area contributed by atoms with Gasteiger partial charge in [-0.2, -0.15) is 0 Å². The lowest BCUT2D eigenvalue weighted by Crippen LogP contribution is -2.32. The maximum Gasteiger partial charge on any atom is 0.242 e. The number of aliphatic hydroxyl groups excluding tert-OH is 1. The Bertz CT molecular complexity index is 517. The minimum atomic E-state index is -0.410. The van der Waals surface area contributed by atoms with Crippen LogP contribution < -0.4 is 0 Å². The molecular formula is C16H26N2O2. The van der Waals surface area contributed by atoms with E-state index in [1.807, 2.05) is 27.0 Å². The van der Waals surface area contributed by atoms with E-state index in [1.54, 1.807) is 4.90 Å². The molecule has 4 heteroatoms. The molecule has 1 heterocycles. The number of amides is 1. The molecule has 0 saturated heterocycles. The van der Waals surface area contributed by atoms with Gasteiger partial charge in [-0.1, -0.05) is 13.8 Å². The van der Waals surface area contributed by atoms with Crippen LogP contribution in [0.3, 0.4) is 0 Å². The lowest BCUT2D eigenvalue weighted by molar-refractivity contribution is -0.130. The second kappa shape index (κ2) is 5.24. The molecule has 20 heavy (non-hydrogen) atoms. The summed E-state index contributed by atoms with van der Waals surface area (Å²) in [6, 6.07) is 2.04. The monoisotopic (exact) mass is 278 g/mol. The van der Waals surface area contributed by atoms with Crippen LogP contribution in [0.1, 0.15) is 50.2 Å². The standard InChI is InChI=1S/C16H26N2O2/c1-6-17(5)15(20)10-18-11(2)7-12-13(18)8-16(3,4)9-14(12)19/h7,14,19H,6,8-10H2,1-5H3. The van der Waals surface area contributed by atoms with Crippen molar-refractivity contribution in [3.8, 4) is 0 Å². The fourth-order valence-corrected chi connectivity index (χ4v) is 3.05. The molecule has 1 amide bonds. The van der Waals surface area contributed by atoms with Crippen molar-refractivity contribution in [3.63, 3.8) is 0 Å². The summed E-state index contributed by atoms with van der Waals surface area (Å²) in [4.78, 5) is 13.9. The second-order valence-electron chi connectivity index (χ2n) is 6.74. The van der Waals surface area contributed by atoms with E-state index in [1.165, 1.54) is 0 Å². The van der Waals surface area contributed by atoms with Crippen LogP contribution in [0.15, 0.2) is 6.07 Å². The van der Waals surface area contributed by atoms with Gasteiger partial charge in [-0.25, -0.2) is 0 Å². The maximum atomic E-state index is 12.2. The molecule has 1 unspecified atom stereocenters. The molecule has 0 spiro atoms. The molecule has 0 fully saturated rings. The van der Waals surface area contributed by atoms with Crippen molar-refractivity contribution in [1.29, 1.82) is 0 Å². The molecule has 1 aliphatic carbocycles. The van der Waals surface area contributed by atoms with Gasteiger partial charge >= 0.3 is 0 Å². The molecule has 1 aromatic heterocycles. The molecule has 1 atom stereocenters. The highest BCUT2D eigenvalue weighted by Crippen LogP contribution is 2.41. The van der Waals surface area contributed by atoms with Crippen LogP contribution in [0, 0.1) is 12.3 Å². The zero-order chi connectivity index (χ0) is 15.1. The molecule has 112 valence electrons. The van der Waals surface area contributed by atoms with E-state index < -0.39 is 6.10 Å². The summed E-state index contributed by atoms with van der Waals surface area (Å²) < 4.78 is 2.08. The first kappa shape index (κ1) is 15.1. The van der Waals surface area contributed by atoms with Crippen molar-refractivity contribution in [1.82, 2.24) is 9.47 Å². The van der Waals surface area contributed by atoms with Crippen molar-refractivity contribution >= 4 is 5.91 Å². The van der Waals surface area contributed by atoms with E-state index in [2.05, 4.69) is 18.4 Å². The number of rotatable bonds is 3. The number of aromatic nitrogens is 1. The Labute approximate surface area is 121 Å². The summed E-state index contributed by atoms with van der Waals surface area (Å²) in [5.41, 5.74) is 3.27. The number of fused-ring (bicyclic) bond motifs is 1. The third kappa shape index (κ3) is 2.75. The molecule has 1 aromatic rings. The third-order valence-electron chi connectivity index (χ3n) is 4.39. The van der Waals surface area contributed by atoms with E-state index in [0.717, 1.165) is 36.3 Å². The molecule has 1 N–H and O–H groups in total. The number of aryl methyl sites for hydroxylation is 1. The largest absolute Gasteiger partial charge is 0.388 e. The Morgan fingerprint density at radius 2 is 2.20 bits per heavy atom. The van der Waals surface area contributed by atoms with Crippen molar-refractivity contribution in [3.05, 3.63) is 23.0 Å². The predicted molar refractivity (Wildman–Crippen MR) is 79.5 cm³/mol. The van der Waals surface area contributed by atoms with Crippen LogP contribution in [-0.2, 0) is 17.8 Å². The number of likely N-dealkylation sites (N-methyl/N-ethyl adjacent to an activating group) is 1. The van der Waals surface area contributed by atoms with E-state index in [4.69, 9.17) is 0 Å². The van der Waals surface area contributed by atoms with E-state index in [-0.39, 0.29) is 11.3 Å². The van der Waals surface area contributed by atoms with E-state index in [0.29, 0.717) is 6.54 Å². The van der Waals surface area contributed by atoms with Crippen molar-refractivity contribution in [2.75, 3.05) is 13.6 Å². The second-order valence-corrected chi connectivity index (χ2v) is 6.74. The fourth-order valence-electron chi connectivity index (χ4n) is 3.05. The molecule has 4 nitrogen and oxygen atoms in total. The highest BCUT2D eigenvalue weighted by Gasteiger charge is 2.34. The smallest absolute Gasteiger partial charge is 0.242 e. The Morgan fingerprint density at radius 1 is 1.55 bits per heavy atom. The fraction of sp³-hybridized carbons (Fsp3) is 0.688. The van der Waals surface area contributed by atoms with Gasteiger partial charge in [0.15, 0.2) is 0 Å². The van der Waals surface area contributed by atoms with Crippen LogP contribution in [0.25, 0.3) is 0 Å². The molecule has 0 bridgehead atoms. The summed E-state index contributed by atoms with van der Waals surface area (Å²) in [7, 11) is 1.83. The molecular weight excluding hydrogens is 252 g/mol. The lowest BCUT2D eigenvalue weighted by Gasteiger charge is -2.34. The van der Waals surface area contributed by atoms with Crippen LogP contribution in [0.2, 0.25) is 0 Å². The first-order chi connectivity index (χ1) is 9.25. The number of aliphatic hydroxyl groups is 1. The van der Waals surface area contributed by atoms with Gasteiger partial charge in [0.2, 0.25) is 5.91 Å². The van der Waals surface area contributed by atoms with Gasteiger partial charge in [0.05, 0.1) is 6.10 Å². The normalized spacial score (nSPS) is 20.6. The third-order valence-corrected chi connectivity index (χ3v) is 4.39. The number of carbonyl (C=O) groups excluding carboxylic acids is 1. The average Bonchev–Trinajstić information content (AvgIpc) is 2.65. The summed E-state index contributed by atoms with van der Waals surface area (Å²) in [6.07, 6.45) is 1.29. The van der Waals surface area contributed by atoms with Gasteiger partial charge in [0.1, 0.15) is 6.54 Å². The zero-order valence-electron chi connectivity index (χ0n) is 13.2. The summed E-state index contributed by atoms with van der Waals surface area (Å²) >= 11 is 0. The highest BCUT2D eigenvalue weighted by atomic mass is 16.3. The Kier molecular flexibility index (Phi) is 3.96. The van der Waals surface area contributed by atoms with Crippen LogP contribution >= 0.6 is 0 Å². The lowest BCUT2D eigenvalue weighted by atomic mass is 9.75. The van der Waals surface area contributed by atoms with E-state index in [9.17, 15) is 9.90 Å². The van der Waals surface area contributed by atoms with Gasteiger partial charge in [-0.05, 0) is 38.2 Å². The molecule has 0 saturated carbocycles. The molecule has 2 rings (SSSR count). The average molecular weight is 278 g/mol. The summed E-state index contributed by atoms with van der Waals surface area (Å²) in [6.45, 7) is 9.42. The molecule has 0 aromatic carbocycles. The first-order valence-electron chi connectivity index (χ1n) is 7.36. The van der Waals surface area contributed by atoms with Gasteiger partial charge in [-0.15, -0.1) is 0 Å². The minimum Gasteiger partial charge on any atom is -0.388 e. The van der Waals surface area contributed by atoms with Crippen molar-refractivity contribution in [2.45, 2.75) is 53.2 Å². The van der Waals surface area contributed by atoms with Gasteiger partial charge < -0.3 is 14.6 Å².